The smallest absolute Gasteiger partial charge is 0.264 e. The van der Waals surface area contributed by atoms with Crippen molar-refractivity contribution in [1.82, 2.24) is 0 Å². The van der Waals surface area contributed by atoms with Crippen LogP contribution in [0.5, 0.6) is 11.5 Å². The number of nitrogens with zero attached hydrogens (tertiary/aromatic N) is 1. The van der Waals surface area contributed by atoms with Gasteiger partial charge in [0.2, 0.25) is 5.91 Å². The summed E-state index contributed by atoms with van der Waals surface area (Å²) in [5.41, 5.74) is 1.78. The molecule has 0 aliphatic heterocycles. The van der Waals surface area contributed by atoms with Gasteiger partial charge >= 0.3 is 0 Å². The fourth-order valence-electron chi connectivity index (χ4n) is 3.39. The zero-order valence-electron chi connectivity index (χ0n) is 18.9. The van der Waals surface area contributed by atoms with Gasteiger partial charge in [0.05, 0.1) is 10.6 Å². The van der Waals surface area contributed by atoms with E-state index in [2.05, 4.69) is 5.32 Å². The van der Waals surface area contributed by atoms with E-state index in [0.717, 1.165) is 9.87 Å². The SMILES string of the molecule is Cc1cccc(N(CC(=O)Nc2ccc(Oc3ccccc3)cc2)S(=O)(=O)c2ccc(Cl)cc2)c1. The third-order valence-corrected chi connectivity index (χ3v) is 7.14. The number of halogens is 1. The topological polar surface area (TPSA) is 75.7 Å². The van der Waals surface area contributed by atoms with Crippen molar-refractivity contribution in [2.24, 2.45) is 0 Å². The van der Waals surface area contributed by atoms with E-state index in [1.807, 2.05) is 43.3 Å². The Morgan fingerprint density at radius 2 is 1.51 bits per heavy atom. The Hall–Kier alpha value is -3.81. The van der Waals surface area contributed by atoms with Crippen molar-refractivity contribution >= 4 is 38.9 Å². The van der Waals surface area contributed by atoms with Crippen molar-refractivity contribution in [3.8, 4) is 11.5 Å². The monoisotopic (exact) mass is 506 g/mol. The average molecular weight is 507 g/mol. The number of carbonyl (C=O) groups excluding carboxylic acids is 1. The van der Waals surface area contributed by atoms with E-state index in [1.54, 1.807) is 42.5 Å². The summed E-state index contributed by atoms with van der Waals surface area (Å²) in [4.78, 5) is 13.0. The molecular formula is C27H23ClN2O4S. The molecule has 178 valence electrons. The summed E-state index contributed by atoms with van der Waals surface area (Å²) in [5, 5.41) is 3.18. The van der Waals surface area contributed by atoms with E-state index < -0.39 is 22.5 Å². The van der Waals surface area contributed by atoms with Crippen LogP contribution in [0.4, 0.5) is 11.4 Å². The van der Waals surface area contributed by atoms with Gasteiger partial charge in [-0.3, -0.25) is 9.10 Å². The zero-order valence-corrected chi connectivity index (χ0v) is 20.5. The molecule has 0 atom stereocenters. The predicted molar refractivity (Wildman–Crippen MR) is 139 cm³/mol. The van der Waals surface area contributed by atoms with Crippen LogP contribution in [0.2, 0.25) is 5.02 Å². The first-order valence-corrected chi connectivity index (χ1v) is 12.6. The van der Waals surface area contributed by atoms with Crippen LogP contribution in [0.25, 0.3) is 0 Å². The Kier molecular flexibility index (Phi) is 7.39. The second-order valence-corrected chi connectivity index (χ2v) is 10.1. The molecule has 0 fully saturated rings. The normalized spacial score (nSPS) is 11.0. The van der Waals surface area contributed by atoms with Crippen LogP contribution in [0.15, 0.2) is 108 Å². The second-order valence-electron chi connectivity index (χ2n) is 7.79. The van der Waals surface area contributed by atoms with Gasteiger partial charge in [-0.1, -0.05) is 41.9 Å². The Morgan fingerprint density at radius 3 is 2.17 bits per heavy atom. The first-order valence-electron chi connectivity index (χ1n) is 10.8. The molecule has 0 bridgehead atoms. The number of ether oxygens (including phenoxy) is 1. The molecule has 0 unspecified atom stereocenters. The van der Waals surface area contributed by atoms with Gasteiger partial charge in [0.25, 0.3) is 10.0 Å². The van der Waals surface area contributed by atoms with Crippen LogP contribution in [0, 0.1) is 6.92 Å². The molecule has 4 aromatic carbocycles. The van der Waals surface area contributed by atoms with Gasteiger partial charge in [-0.05, 0) is 85.3 Å². The van der Waals surface area contributed by atoms with Crippen molar-refractivity contribution in [1.29, 1.82) is 0 Å². The van der Waals surface area contributed by atoms with Gasteiger partial charge in [-0.25, -0.2) is 8.42 Å². The summed E-state index contributed by atoms with van der Waals surface area (Å²) < 4.78 is 33.7. The molecule has 0 heterocycles. The van der Waals surface area contributed by atoms with E-state index >= 15 is 0 Å². The lowest BCUT2D eigenvalue weighted by atomic mass is 10.2. The molecule has 0 saturated carbocycles. The van der Waals surface area contributed by atoms with E-state index in [4.69, 9.17) is 16.3 Å². The number of hydrogen-bond acceptors (Lipinski definition) is 4. The molecule has 0 radical (unpaired) electrons. The average Bonchev–Trinajstić information content (AvgIpc) is 2.84. The lowest BCUT2D eigenvalue weighted by Gasteiger charge is -2.24. The van der Waals surface area contributed by atoms with Crippen LogP contribution >= 0.6 is 11.6 Å². The Balaban J connectivity index is 1.53. The zero-order chi connectivity index (χ0) is 24.8. The van der Waals surface area contributed by atoms with Crippen LogP contribution in [0.1, 0.15) is 5.56 Å². The van der Waals surface area contributed by atoms with E-state index in [1.165, 1.54) is 24.3 Å². The molecule has 0 saturated heterocycles. The fourth-order valence-corrected chi connectivity index (χ4v) is 4.93. The number of amides is 1. The summed E-state index contributed by atoms with van der Waals surface area (Å²) in [6, 6.07) is 29.0. The third-order valence-electron chi connectivity index (χ3n) is 5.10. The molecular weight excluding hydrogens is 484 g/mol. The Bertz CT molecular complexity index is 1410. The van der Waals surface area contributed by atoms with Gasteiger partial charge in [0, 0.05) is 10.7 Å². The second kappa shape index (κ2) is 10.6. The summed E-state index contributed by atoms with van der Waals surface area (Å²) in [7, 11) is -4.02. The van der Waals surface area contributed by atoms with E-state index in [9.17, 15) is 13.2 Å². The first kappa shape index (κ1) is 24.3. The molecule has 1 amide bonds. The van der Waals surface area contributed by atoms with Gasteiger partial charge in [-0.15, -0.1) is 0 Å². The Morgan fingerprint density at radius 1 is 0.857 bits per heavy atom. The number of benzene rings is 4. The summed E-state index contributed by atoms with van der Waals surface area (Å²) >= 11 is 5.93. The highest BCUT2D eigenvalue weighted by Crippen LogP contribution is 2.26. The summed E-state index contributed by atoms with van der Waals surface area (Å²) in [6.45, 7) is 1.45. The lowest BCUT2D eigenvalue weighted by Crippen LogP contribution is -2.38. The van der Waals surface area contributed by atoms with Crippen LogP contribution in [-0.4, -0.2) is 20.9 Å². The number of nitrogens with one attached hydrogen (secondary N) is 1. The molecule has 0 aromatic heterocycles. The number of hydrogen-bond donors (Lipinski definition) is 1. The number of sulfonamides is 1. The lowest BCUT2D eigenvalue weighted by molar-refractivity contribution is -0.114. The number of carbonyl (C=O) groups is 1. The van der Waals surface area contributed by atoms with Gasteiger partial charge < -0.3 is 10.1 Å². The number of aryl methyl sites for hydroxylation is 1. The molecule has 6 nitrogen and oxygen atoms in total. The van der Waals surface area contributed by atoms with Crippen molar-refractivity contribution in [2.75, 3.05) is 16.2 Å². The summed E-state index contributed by atoms with van der Waals surface area (Å²) in [5.74, 6) is 0.826. The minimum absolute atomic E-state index is 0.0404. The highest BCUT2D eigenvalue weighted by molar-refractivity contribution is 7.92. The maximum Gasteiger partial charge on any atom is 0.264 e. The highest BCUT2D eigenvalue weighted by Gasteiger charge is 2.27. The van der Waals surface area contributed by atoms with E-state index in [0.29, 0.717) is 27.9 Å². The van der Waals surface area contributed by atoms with Crippen molar-refractivity contribution in [3.63, 3.8) is 0 Å². The Labute approximate surface area is 209 Å². The number of para-hydroxylation sites is 1. The largest absolute Gasteiger partial charge is 0.457 e. The first-order chi connectivity index (χ1) is 16.8. The molecule has 8 heteroatoms. The van der Waals surface area contributed by atoms with Gasteiger partial charge in [-0.2, -0.15) is 0 Å². The quantitative estimate of drug-likeness (QED) is 0.305. The summed E-state index contributed by atoms with van der Waals surface area (Å²) in [6.07, 6.45) is 0. The molecule has 0 spiro atoms. The fraction of sp³-hybridized carbons (Fsp3) is 0.0741. The van der Waals surface area contributed by atoms with E-state index in [-0.39, 0.29) is 4.90 Å². The third kappa shape index (κ3) is 6.20. The highest BCUT2D eigenvalue weighted by atomic mass is 35.5. The molecule has 4 aromatic rings. The number of rotatable bonds is 8. The molecule has 0 aliphatic carbocycles. The predicted octanol–water partition coefficient (Wildman–Crippen LogP) is 6.27. The standard InChI is InChI=1S/C27H23ClN2O4S/c1-20-6-5-7-23(18-20)30(35(32,33)26-16-10-21(28)11-17-26)19-27(31)29-22-12-14-25(15-13-22)34-24-8-3-2-4-9-24/h2-18H,19H2,1H3,(H,29,31). The van der Waals surface area contributed by atoms with Crippen LogP contribution in [-0.2, 0) is 14.8 Å². The maximum atomic E-state index is 13.4. The van der Waals surface area contributed by atoms with Crippen molar-refractivity contribution in [2.45, 2.75) is 11.8 Å². The minimum Gasteiger partial charge on any atom is -0.457 e. The minimum atomic E-state index is -4.02. The van der Waals surface area contributed by atoms with Gasteiger partial charge in [0.1, 0.15) is 18.0 Å². The molecule has 0 aliphatic rings. The van der Waals surface area contributed by atoms with Crippen LogP contribution in [0.3, 0.4) is 0 Å². The van der Waals surface area contributed by atoms with Crippen LogP contribution < -0.4 is 14.4 Å². The van der Waals surface area contributed by atoms with Crippen molar-refractivity contribution < 1.29 is 17.9 Å². The molecule has 35 heavy (non-hydrogen) atoms. The van der Waals surface area contributed by atoms with Gasteiger partial charge in [0.15, 0.2) is 0 Å². The molecule has 4 rings (SSSR count). The van der Waals surface area contributed by atoms with Crippen molar-refractivity contribution in [3.05, 3.63) is 114 Å². The molecule has 1 N–H and O–H groups in total. The maximum absolute atomic E-state index is 13.4. The number of anilines is 2.